The predicted molar refractivity (Wildman–Crippen MR) is 116 cm³/mol. The number of amides is 1. The number of nitriles is 1. The van der Waals surface area contributed by atoms with E-state index in [4.69, 9.17) is 0 Å². The van der Waals surface area contributed by atoms with Gasteiger partial charge in [0.25, 0.3) is 5.91 Å². The molecule has 1 aromatic carbocycles. The lowest BCUT2D eigenvalue weighted by Gasteiger charge is -2.12. The topological polar surface area (TPSA) is 70.7 Å². The molecule has 2 aromatic heterocycles. The van der Waals surface area contributed by atoms with Crippen molar-refractivity contribution in [3.8, 4) is 6.07 Å². The SMILES string of the molecule is Cc1cc(/C=C(/C#N)C(=O)NCc2cccc3cccnc23)c(C)n1CC(C)C. The van der Waals surface area contributed by atoms with Crippen LogP contribution < -0.4 is 5.32 Å². The molecule has 0 aliphatic carbocycles. The van der Waals surface area contributed by atoms with Gasteiger partial charge >= 0.3 is 0 Å². The molecule has 0 aliphatic heterocycles. The highest BCUT2D eigenvalue weighted by molar-refractivity contribution is 6.02. The summed E-state index contributed by atoms with van der Waals surface area (Å²) in [6.45, 7) is 9.64. The van der Waals surface area contributed by atoms with Crippen molar-refractivity contribution in [2.24, 2.45) is 5.92 Å². The van der Waals surface area contributed by atoms with Crippen molar-refractivity contribution in [1.29, 1.82) is 5.26 Å². The zero-order valence-corrected chi connectivity index (χ0v) is 17.4. The Balaban J connectivity index is 1.80. The Morgan fingerprint density at radius 2 is 2.03 bits per heavy atom. The molecule has 0 bridgehead atoms. The van der Waals surface area contributed by atoms with Gasteiger partial charge in [0.15, 0.2) is 0 Å². The van der Waals surface area contributed by atoms with Crippen LogP contribution in [0.1, 0.15) is 36.4 Å². The number of aromatic nitrogens is 2. The van der Waals surface area contributed by atoms with Crippen LogP contribution in [0.15, 0.2) is 48.2 Å². The van der Waals surface area contributed by atoms with E-state index in [2.05, 4.69) is 28.7 Å². The lowest BCUT2D eigenvalue weighted by Crippen LogP contribution is -2.24. The van der Waals surface area contributed by atoms with Gasteiger partial charge in [-0.25, -0.2) is 0 Å². The van der Waals surface area contributed by atoms with E-state index in [1.807, 2.05) is 56.3 Å². The number of hydrogen-bond donors (Lipinski definition) is 1. The Hall–Kier alpha value is -3.39. The predicted octanol–water partition coefficient (Wildman–Crippen LogP) is 4.53. The number of nitrogens with one attached hydrogen (secondary N) is 1. The van der Waals surface area contributed by atoms with Crippen LogP contribution in [0.25, 0.3) is 17.0 Å². The van der Waals surface area contributed by atoms with Crippen LogP contribution in [0.2, 0.25) is 0 Å². The Morgan fingerprint density at radius 3 is 2.76 bits per heavy atom. The number of para-hydroxylation sites is 1. The average Bonchev–Trinajstić information content (AvgIpc) is 2.97. The summed E-state index contributed by atoms with van der Waals surface area (Å²) >= 11 is 0. The molecular formula is C24H26N4O. The Bertz CT molecular complexity index is 1110. The average molecular weight is 386 g/mol. The van der Waals surface area contributed by atoms with E-state index in [0.717, 1.165) is 40.0 Å². The maximum Gasteiger partial charge on any atom is 0.262 e. The second-order valence-corrected chi connectivity index (χ2v) is 7.68. The minimum atomic E-state index is -0.380. The van der Waals surface area contributed by atoms with E-state index in [1.165, 1.54) is 0 Å². The molecule has 1 N–H and O–H groups in total. The fourth-order valence-electron chi connectivity index (χ4n) is 3.50. The van der Waals surface area contributed by atoms with E-state index in [-0.39, 0.29) is 11.5 Å². The summed E-state index contributed by atoms with van der Waals surface area (Å²) in [5.41, 5.74) is 4.97. The molecule has 148 valence electrons. The molecule has 0 saturated heterocycles. The largest absolute Gasteiger partial charge is 0.348 e. The van der Waals surface area contributed by atoms with Gasteiger partial charge in [0.05, 0.1) is 5.52 Å². The molecule has 1 amide bonds. The van der Waals surface area contributed by atoms with Crippen molar-refractivity contribution in [3.63, 3.8) is 0 Å². The first-order valence-corrected chi connectivity index (χ1v) is 9.80. The zero-order valence-electron chi connectivity index (χ0n) is 17.4. The van der Waals surface area contributed by atoms with Gasteiger partial charge in [0.1, 0.15) is 11.6 Å². The van der Waals surface area contributed by atoms with Gasteiger partial charge in [-0.2, -0.15) is 5.26 Å². The highest BCUT2D eigenvalue weighted by Crippen LogP contribution is 2.20. The van der Waals surface area contributed by atoms with Crippen LogP contribution in [0, 0.1) is 31.1 Å². The zero-order chi connectivity index (χ0) is 21.0. The molecule has 3 aromatic rings. The molecule has 5 heteroatoms. The van der Waals surface area contributed by atoms with Crippen LogP contribution in [0.4, 0.5) is 0 Å². The second-order valence-electron chi connectivity index (χ2n) is 7.68. The number of pyridine rings is 1. The highest BCUT2D eigenvalue weighted by Gasteiger charge is 2.14. The first-order chi connectivity index (χ1) is 13.9. The van der Waals surface area contributed by atoms with Crippen molar-refractivity contribution < 1.29 is 4.79 Å². The summed E-state index contributed by atoms with van der Waals surface area (Å²) in [5, 5.41) is 13.4. The van der Waals surface area contributed by atoms with Gasteiger partial charge in [0.2, 0.25) is 0 Å². The monoisotopic (exact) mass is 386 g/mol. The van der Waals surface area contributed by atoms with Crippen LogP contribution in [-0.2, 0) is 17.9 Å². The van der Waals surface area contributed by atoms with Gasteiger partial charge in [0, 0.05) is 36.1 Å². The number of carbonyl (C=O) groups excluding carboxylic acids is 1. The lowest BCUT2D eigenvalue weighted by molar-refractivity contribution is -0.117. The van der Waals surface area contributed by atoms with Crippen LogP contribution >= 0.6 is 0 Å². The van der Waals surface area contributed by atoms with Gasteiger partial charge < -0.3 is 9.88 Å². The number of hydrogen-bond acceptors (Lipinski definition) is 3. The Kier molecular flexibility index (Phi) is 6.13. The molecule has 0 atom stereocenters. The fourth-order valence-corrected chi connectivity index (χ4v) is 3.50. The molecule has 0 fully saturated rings. The van der Waals surface area contributed by atoms with Crippen molar-refractivity contribution in [2.45, 2.75) is 40.8 Å². The molecule has 0 spiro atoms. The number of aryl methyl sites for hydroxylation is 1. The van der Waals surface area contributed by atoms with E-state index in [9.17, 15) is 10.1 Å². The summed E-state index contributed by atoms with van der Waals surface area (Å²) in [6.07, 6.45) is 3.41. The van der Waals surface area contributed by atoms with Crippen LogP contribution in [0.3, 0.4) is 0 Å². The number of benzene rings is 1. The van der Waals surface area contributed by atoms with E-state index >= 15 is 0 Å². The van der Waals surface area contributed by atoms with Crippen molar-refractivity contribution in [3.05, 3.63) is 70.7 Å². The van der Waals surface area contributed by atoms with Gasteiger partial charge in [-0.15, -0.1) is 0 Å². The summed E-state index contributed by atoms with van der Waals surface area (Å²) in [4.78, 5) is 17.0. The minimum absolute atomic E-state index is 0.1000. The maximum absolute atomic E-state index is 12.6. The van der Waals surface area contributed by atoms with Crippen molar-refractivity contribution in [2.75, 3.05) is 0 Å². The highest BCUT2D eigenvalue weighted by atomic mass is 16.1. The van der Waals surface area contributed by atoms with Gasteiger partial charge in [-0.1, -0.05) is 38.1 Å². The first-order valence-electron chi connectivity index (χ1n) is 9.80. The number of carbonyl (C=O) groups is 1. The summed E-state index contributed by atoms with van der Waals surface area (Å²) in [7, 11) is 0. The van der Waals surface area contributed by atoms with Crippen LogP contribution in [-0.4, -0.2) is 15.5 Å². The Morgan fingerprint density at radius 1 is 1.28 bits per heavy atom. The third kappa shape index (κ3) is 4.55. The summed E-state index contributed by atoms with van der Waals surface area (Å²) in [6, 6.07) is 13.8. The van der Waals surface area contributed by atoms with Crippen LogP contribution in [0.5, 0.6) is 0 Å². The first kappa shape index (κ1) is 20.3. The second kappa shape index (κ2) is 8.74. The lowest BCUT2D eigenvalue weighted by atomic mass is 10.1. The van der Waals surface area contributed by atoms with Crippen molar-refractivity contribution >= 4 is 22.9 Å². The third-order valence-corrected chi connectivity index (χ3v) is 4.98. The number of rotatable bonds is 6. The standard InChI is InChI=1S/C24H26N4O/c1-16(2)15-28-17(3)11-21(18(28)4)12-22(13-25)24(29)27-14-20-8-5-7-19-9-6-10-26-23(19)20/h5-12,16H,14-15H2,1-4H3,(H,27,29)/b22-12-. The number of fused-ring (bicyclic) bond motifs is 1. The van der Waals surface area contributed by atoms with E-state index in [1.54, 1.807) is 12.3 Å². The molecule has 3 rings (SSSR count). The molecular weight excluding hydrogens is 360 g/mol. The van der Waals surface area contributed by atoms with Crippen molar-refractivity contribution in [1.82, 2.24) is 14.9 Å². The summed E-state index contributed by atoms with van der Waals surface area (Å²) in [5.74, 6) is 0.138. The molecule has 0 aliphatic rings. The number of nitrogens with zero attached hydrogens (tertiary/aromatic N) is 3. The smallest absolute Gasteiger partial charge is 0.262 e. The molecule has 5 nitrogen and oxygen atoms in total. The Labute approximate surface area is 171 Å². The fraction of sp³-hybridized carbons (Fsp3) is 0.292. The van der Waals surface area contributed by atoms with E-state index in [0.29, 0.717) is 12.5 Å². The normalized spacial score (nSPS) is 11.7. The minimum Gasteiger partial charge on any atom is -0.348 e. The molecule has 29 heavy (non-hydrogen) atoms. The van der Waals surface area contributed by atoms with Gasteiger partial charge in [-0.05, 0) is 49.1 Å². The van der Waals surface area contributed by atoms with E-state index < -0.39 is 0 Å². The molecule has 0 saturated carbocycles. The van der Waals surface area contributed by atoms with Gasteiger partial charge in [-0.3, -0.25) is 9.78 Å². The third-order valence-electron chi connectivity index (χ3n) is 4.98. The molecule has 0 radical (unpaired) electrons. The summed E-state index contributed by atoms with van der Waals surface area (Å²) < 4.78 is 2.23. The molecule has 2 heterocycles. The maximum atomic E-state index is 12.6. The quantitative estimate of drug-likeness (QED) is 0.500. The molecule has 0 unspecified atom stereocenters.